The van der Waals surface area contributed by atoms with Crippen molar-refractivity contribution in [2.24, 2.45) is 0 Å². The van der Waals surface area contributed by atoms with Gasteiger partial charge >= 0.3 is 5.97 Å². The lowest BCUT2D eigenvalue weighted by atomic mass is 10.0. The van der Waals surface area contributed by atoms with Crippen LogP contribution in [-0.2, 0) is 9.53 Å². The van der Waals surface area contributed by atoms with Crippen LogP contribution < -0.4 is 4.74 Å². The van der Waals surface area contributed by atoms with Gasteiger partial charge in [0.2, 0.25) is 0 Å². The van der Waals surface area contributed by atoms with Crippen LogP contribution in [0.2, 0.25) is 0 Å². The Morgan fingerprint density at radius 3 is 1.76 bits per heavy atom. The van der Waals surface area contributed by atoms with Gasteiger partial charge in [0.1, 0.15) is 11.9 Å². The van der Waals surface area contributed by atoms with E-state index in [1.807, 2.05) is 26.0 Å². The summed E-state index contributed by atoms with van der Waals surface area (Å²) in [6.07, 6.45) is 14.4. The number of benzene rings is 2. The van der Waals surface area contributed by atoms with E-state index in [9.17, 15) is 4.79 Å². The maximum absolute atomic E-state index is 11.7. The molecule has 0 fully saturated rings. The Balaban J connectivity index is 1.65. The van der Waals surface area contributed by atoms with Gasteiger partial charge in [-0.05, 0) is 48.6 Å². The Kier molecular flexibility index (Phi) is 13.4. The van der Waals surface area contributed by atoms with Crippen molar-refractivity contribution in [3.05, 3.63) is 54.1 Å². The van der Waals surface area contributed by atoms with Crippen LogP contribution >= 0.6 is 0 Å². The maximum atomic E-state index is 11.7. The van der Waals surface area contributed by atoms with Gasteiger partial charge in [-0.3, -0.25) is 4.79 Å². The molecule has 0 spiro atoms. The summed E-state index contributed by atoms with van der Waals surface area (Å²) in [5, 5.41) is 0. The van der Waals surface area contributed by atoms with Crippen molar-refractivity contribution in [1.29, 1.82) is 0 Å². The molecule has 1 atom stereocenters. The fourth-order valence-corrected chi connectivity index (χ4v) is 4.00. The first-order chi connectivity index (χ1) is 16.1. The highest BCUT2D eigenvalue weighted by Crippen LogP contribution is 2.25. The normalized spacial score (nSPS) is 11.8. The van der Waals surface area contributed by atoms with Gasteiger partial charge in [0.25, 0.3) is 0 Å². The van der Waals surface area contributed by atoms with E-state index in [2.05, 4.69) is 43.3 Å². The molecule has 0 amide bonds. The second kappa shape index (κ2) is 16.3. The van der Waals surface area contributed by atoms with Crippen LogP contribution in [0.3, 0.4) is 0 Å². The van der Waals surface area contributed by atoms with Crippen LogP contribution in [-0.4, -0.2) is 12.6 Å². The van der Waals surface area contributed by atoms with Crippen molar-refractivity contribution in [3.8, 4) is 16.9 Å². The number of hydrogen-bond donors (Lipinski definition) is 0. The molecule has 0 saturated heterocycles. The lowest BCUT2D eigenvalue weighted by molar-refractivity contribution is -0.148. The lowest BCUT2D eigenvalue weighted by Crippen LogP contribution is -2.08. The van der Waals surface area contributed by atoms with Crippen molar-refractivity contribution in [2.45, 2.75) is 104 Å². The molecule has 0 aliphatic heterocycles. The molecule has 33 heavy (non-hydrogen) atoms. The molecule has 2 aromatic rings. The first kappa shape index (κ1) is 27.0. The molecular formula is C30H44O3. The van der Waals surface area contributed by atoms with Gasteiger partial charge in [-0.2, -0.15) is 0 Å². The maximum Gasteiger partial charge on any atom is 0.306 e. The number of esters is 1. The summed E-state index contributed by atoms with van der Waals surface area (Å²) in [5.41, 5.74) is 3.31. The third-order valence-corrected chi connectivity index (χ3v) is 6.10. The number of carbonyl (C=O) groups excluding carboxylic acids is 1. The van der Waals surface area contributed by atoms with Crippen LogP contribution in [0.1, 0.15) is 109 Å². The Bertz CT molecular complexity index is 764. The zero-order valence-electron chi connectivity index (χ0n) is 21.1. The topological polar surface area (TPSA) is 35.5 Å². The molecule has 0 heterocycles. The molecule has 3 nitrogen and oxygen atoms in total. The lowest BCUT2D eigenvalue weighted by Gasteiger charge is -2.14. The van der Waals surface area contributed by atoms with Gasteiger partial charge in [-0.25, -0.2) is 0 Å². The quantitative estimate of drug-likeness (QED) is 0.177. The van der Waals surface area contributed by atoms with E-state index < -0.39 is 0 Å². The molecule has 0 bridgehead atoms. The molecule has 0 aliphatic carbocycles. The second-order valence-corrected chi connectivity index (χ2v) is 9.06. The Hall–Kier alpha value is -2.29. The molecule has 0 aromatic heterocycles. The van der Waals surface area contributed by atoms with Crippen molar-refractivity contribution in [1.82, 2.24) is 0 Å². The zero-order chi connectivity index (χ0) is 23.7. The van der Waals surface area contributed by atoms with E-state index in [1.165, 1.54) is 57.8 Å². The zero-order valence-corrected chi connectivity index (χ0v) is 21.1. The third-order valence-electron chi connectivity index (χ3n) is 6.10. The van der Waals surface area contributed by atoms with Crippen LogP contribution in [0, 0.1) is 0 Å². The Morgan fingerprint density at radius 2 is 1.21 bits per heavy atom. The highest BCUT2D eigenvalue weighted by molar-refractivity contribution is 5.69. The SMILES string of the molecule is CCCCCCCCCCCCOc1ccc(-c2ccc(C(C)OC(=O)CCC)cc2)cc1. The summed E-state index contributed by atoms with van der Waals surface area (Å²) in [5.74, 6) is 0.797. The second-order valence-electron chi connectivity index (χ2n) is 9.06. The monoisotopic (exact) mass is 452 g/mol. The van der Waals surface area contributed by atoms with Gasteiger partial charge < -0.3 is 9.47 Å². The van der Waals surface area contributed by atoms with Crippen molar-refractivity contribution in [2.75, 3.05) is 6.61 Å². The van der Waals surface area contributed by atoms with E-state index in [4.69, 9.17) is 9.47 Å². The van der Waals surface area contributed by atoms with Crippen LogP contribution in [0.25, 0.3) is 11.1 Å². The summed E-state index contributed by atoms with van der Waals surface area (Å²) >= 11 is 0. The standard InChI is InChI=1S/C30H44O3/c1-4-6-7-8-9-10-11-12-13-14-24-32-29-22-20-28(21-23-29)27-18-16-26(17-19-27)25(3)33-30(31)15-5-2/h16-23,25H,4-15,24H2,1-3H3. The highest BCUT2D eigenvalue weighted by atomic mass is 16.5. The average molecular weight is 453 g/mol. The van der Waals surface area contributed by atoms with Crippen molar-refractivity contribution < 1.29 is 14.3 Å². The molecular weight excluding hydrogens is 408 g/mol. The van der Waals surface area contributed by atoms with E-state index in [1.54, 1.807) is 0 Å². The molecule has 0 saturated carbocycles. The summed E-state index contributed by atoms with van der Waals surface area (Å²) in [7, 11) is 0. The minimum absolute atomic E-state index is 0.137. The summed E-state index contributed by atoms with van der Waals surface area (Å²) in [6, 6.07) is 16.5. The number of ether oxygens (including phenoxy) is 2. The minimum atomic E-state index is -0.223. The van der Waals surface area contributed by atoms with E-state index in [0.29, 0.717) is 6.42 Å². The molecule has 1 unspecified atom stereocenters. The van der Waals surface area contributed by atoms with Gasteiger partial charge in [0.05, 0.1) is 6.61 Å². The largest absolute Gasteiger partial charge is 0.494 e. The van der Waals surface area contributed by atoms with Gasteiger partial charge in [0.15, 0.2) is 0 Å². The fourth-order valence-electron chi connectivity index (χ4n) is 4.00. The summed E-state index contributed by atoms with van der Waals surface area (Å²) < 4.78 is 11.4. The Morgan fingerprint density at radius 1 is 0.697 bits per heavy atom. The number of carbonyl (C=O) groups is 1. The summed E-state index contributed by atoms with van der Waals surface area (Å²) in [4.78, 5) is 11.7. The van der Waals surface area contributed by atoms with Crippen LogP contribution in [0.5, 0.6) is 5.75 Å². The van der Waals surface area contributed by atoms with Crippen LogP contribution in [0.15, 0.2) is 48.5 Å². The first-order valence-electron chi connectivity index (χ1n) is 13.2. The Labute approximate surface area is 201 Å². The molecule has 2 rings (SSSR count). The van der Waals surface area contributed by atoms with E-state index in [0.717, 1.165) is 41.9 Å². The van der Waals surface area contributed by atoms with E-state index >= 15 is 0 Å². The fraction of sp³-hybridized carbons (Fsp3) is 0.567. The third kappa shape index (κ3) is 10.9. The molecule has 182 valence electrons. The van der Waals surface area contributed by atoms with Crippen molar-refractivity contribution >= 4 is 5.97 Å². The van der Waals surface area contributed by atoms with Gasteiger partial charge in [0, 0.05) is 6.42 Å². The smallest absolute Gasteiger partial charge is 0.306 e. The highest BCUT2D eigenvalue weighted by Gasteiger charge is 2.11. The molecule has 0 N–H and O–H groups in total. The first-order valence-corrected chi connectivity index (χ1v) is 13.2. The van der Waals surface area contributed by atoms with Gasteiger partial charge in [-0.15, -0.1) is 0 Å². The minimum Gasteiger partial charge on any atom is -0.494 e. The molecule has 0 radical (unpaired) electrons. The molecule has 3 heteroatoms. The van der Waals surface area contributed by atoms with E-state index in [-0.39, 0.29) is 12.1 Å². The molecule has 0 aliphatic rings. The number of rotatable bonds is 17. The number of hydrogen-bond acceptors (Lipinski definition) is 3. The van der Waals surface area contributed by atoms with Gasteiger partial charge in [-0.1, -0.05) is 108 Å². The van der Waals surface area contributed by atoms with Crippen molar-refractivity contribution in [3.63, 3.8) is 0 Å². The average Bonchev–Trinajstić information content (AvgIpc) is 2.83. The predicted molar refractivity (Wildman–Crippen MR) is 139 cm³/mol. The predicted octanol–water partition coefficient (Wildman–Crippen LogP) is 9.06. The summed E-state index contributed by atoms with van der Waals surface area (Å²) in [6.45, 7) is 6.96. The number of unbranched alkanes of at least 4 members (excludes halogenated alkanes) is 9. The molecule has 2 aromatic carbocycles. The van der Waals surface area contributed by atoms with Crippen LogP contribution in [0.4, 0.5) is 0 Å².